The average Bonchev–Trinajstić information content (AvgIpc) is 2.28. The minimum atomic E-state index is -0.325. The summed E-state index contributed by atoms with van der Waals surface area (Å²) in [6.07, 6.45) is 0. The molecule has 18 heavy (non-hydrogen) atoms. The molecule has 1 rings (SSSR count). The van der Waals surface area contributed by atoms with E-state index in [1.54, 1.807) is 12.1 Å². The lowest BCUT2D eigenvalue weighted by molar-refractivity contribution is 0.177. The fourth-order valence-electron chi connectivity index (χ4n) is 2.35. The van der Waals surface area contributed by atoms with Gasteiger partial charge in [0.25, 0.3) is 0 Å². The number of hydrogen-bond acceptors (Lipinski definition) is 3. The summed E-state index contributed by atoms with van der Waals surface area (Å²) >= 11 is 0. The molecule has 0 aliphatic heterocycles. The number of hydrogen-bond donors (Lipinski definition) is 1. The number of nitrogens with zero attached hydrogens (tertiary/aromatic N) is 1. The van der Waals surface area contributed by atoms with Gasteiger partial charge >= 0.3 is 0 Å². The van der Waals surface area contributed by atoms with Gasteiger partial charge < -0.3 is 15.0 Å². The molecule has 0 heterocycles. The largest absolute Gasteiger partial charge is 0.494 e. The highest BCUT2D eigenvalue weighted by atomic mass is 19.1. The van der Waals surface area contributed by atoms with Crippen LogP contribution in [0.5, 0.6) is 5.75 Å². The Morgan fingerprint density at radius 2 is 1.94 bits per heavy atom. The van der Waals surface area contributed by atoms with Crippen molar-refractivity contribution >= 4 is 0 Å². The van der Waals surface area contributed by atoms with Crippen molar-refractivity contribution in [3.63, 3.8) is 0 Å². The van der Waals surface area contributed by atoms with Crippen LogP contribution in [0.4, 0.5) is 4.39 Å². The third-order valence-corrected chi connectivity index (χ3v) is 3.34. The van der Waals surface area contributed by atoms with E-state index in [4.69, 9.17) is 4.74 Å². The van der Waals surface area contributed by atoms with Gasteiger partial charge in [-0.1, -0.05) is 6.07 Å². The molecule has 0 saturated heterocycles. The first kappa shape index (κ1) is 14.9. The van der Waals surface area contributed by atoms with Gasteiger partial charge in [-0.25, -0.2) is 4.39 Å². The van der Waals surface area contributed by atoms with E-state index in [0.29, 0.717) is 0 Å². The zero-order valence-electron chi connectivity index (χ0n) is 12.0. The zero-order chi connectivity index (χ0) is 13.9. The van der Waals surface area contributed by atoms with Crippen molar-refractivity contribution in [3.05, 3.63) is 29.6 Å². The van der Waals surface area contributed by atoms with E-state index >= 15 is 0 Å². The molecule has 0 saturated carbocycles. The summed E-state index contributed by atoms with van der Waals surface area (Å²) in [5.74, 6) is -0.0488. The summed E-state index contributed by atoms with van der Waals surface area (Å²) in [6, 6.07) is 5.20. The van der Waals surface area contributed by atoms with E-state index in [0.717, 1.165) is 5.56 Å². The van der Waals surface area contributed by atoms with Gasteiger partial charge in [0.05, 0.1) is 13.2 Å². The number of nitrogens with one attached hydrogen (secondary N) is 1. The standard InChI is InChI=1S/C14H23FN2O/c1-14(2,16-3)13(17(4)5)10-7-8-12(18-6)11(15)9-10/h7-9,13,16H,1-6H3. The van der Waals surface area contributed by atoms with Crippen LogP contribution in [0.25, 0.3) is 0 Å². The van der Waals surface area contributed by atoms with Gasteiger partial charge in [-0.05, 0) is 52.7 Å². The summed E-state index contributed by atoms with van der Waals surface area (Å²) in [5, 5.41) is 3.27. The molecule has 1 aromatic carbocycles. The summed E-state index contributed by atoms with van der Waals surface area (Å²) < 4.78 is 18.8. The van der Waals surface area contributed by atoms with Crippen molar-refractivity contribution in [1.29, 1.82) is 0 Å². The van der Waals surface area contributed by atoms with E-state index in [1.807, 2.05) is 27.2 Å². The van der Waals surface area contributed by atoms with Crippen LogP contribution in [0.15, 0.2) is 18.2 Å². The van der Waals surface area contributed by atoms with Crippen LogP contribution < -0.4 is 10.1 Å². The van der Waals surface area contributed by atoms with Crippen molar-refractivity contribution in [2.24, 2.45) is 0 Å². The second kappa shape index (κ2) is 5.67. The van der Waals surface area contributed by atoms with Gasteiger partial charge in [-0.2, -0.15) is 0 Å². The molecule has 0 fully saturated rings. The Morgan fingerprint density at radius 1 is 1.33 bits per heavy atom. The number of halogens is 1. The van der Waals surface area contributed by atoms with Crippen molar-refractivity contribution in [2.75, 3.05) is 28.3 Å². The lowest BCUT2D eigenvalue weighted by Crippen LogP contribution is -2.48. The SMILES string of the molecule is CNC(C)(C)C(c1ccc(OC)c(F)c1)N(C)C. The molecule has 0 aliphatic rings. The van der Waals surface area contributed by atoms with Crippen molar-refractivity contribution < 1.29 is 9.13 Å². The summed E-state index contributed by atoms with van der Waals surface area (Å²) in [7, 11) is 7.37. The molecule has 1 N–H and O–H groups in total. The van der Waals surface area contributed by atoms with Crippen LogP contribution in [-0.2, 0) is 0 Å². The van der Waals surface area contributed by atoms with E-state index in [-0.39, 0.29) is 23.1 Å². The predicted molar refractivity (Wildman–Crippen MR) is 72.5 cm³/mol. The van der Waals surface area contributed by atoms with Crippen LogP contribution in [0.1, 0.15) is 25.5 Å². The van der Waals surface area contributed by atoms with Crippen LogP contribution >= 0.6 is 0 Å². The van der Waals surface area contributed by atoms with Gasteiger partial charge in [0.15, 0.2) is 11.6 Å². The molecule has 1 aromatic rings. The normalized spacial score (nSPS) is 13.8. The number of likely N-dealkylation sites (N-methyl/N-ethyl adjacent to an activating group) is 2. The Labute approximate surface area is 109 Å². The number of rotatable bonds is 5. The molecule has 3 nitrogen and oxygen atoms in total. The molecule has 1 unspecified atom stereocenters. The van der Waals surface area contributed by atoms with Crippen LogP contribution in [0.2, 0.25) is 0 Å². The number of benzene rings is 1. The summed E-state index contributed by atoms with van der Waals surface area (Å²) in [6.45, 7) is 4.19. The molecule has 0 radical (unpaired) electrons. The molecular weight excluding hydrogens is 231 g/mol. The Balaban J connectivity index is 3.19. The molecule has 0 amide bonds. The maximum Gasteiger partial charge on any atom is 0.165 e. The smallest absolute Gasteiger partial charge is 0.165 e. The Hall–Kier alpha value is -1.13. The van der Waals surface area contributed by atoms with Crippen LogP contribution in [0, 0.1) is 5.82 Å². The van der Waals surface area contributed by atoms with Gasteiger partial charge in [0.2, 0.25) is 0 Å². The Kier molecular flexibility index (Phi) is 4.71. The van der Waals surface area contributed by atoms with Gasteiger partial charge in [-0.3, -0.25) is 0 Å². The van der Waals surface area contributed by atoms with E-state index in [1.165, 1.54) is 7.11 Å². The third kappa shape index (κ3) is 3.00. The second-order valence-corrected chi connectivity index (χ2v) is 5.23. The van der Waals surface area contributed by atoms with E-state index in [9.17, 15) is 4.39 Å². The molecule has 0 spiro atoms. The van der Waals surface area contributed by atoms with Gasteiger partial charge in [0.1, 0.15) is 0 Å². The first-order chi connectivity index (χ1) is 8.33. The van der Waals surface area contributed by atoms with Crippen LogP contribution in [0.3, 0.4) is 0 Å². The third-order valence-electron chi connectivity index (χ3n) is 3.34. The van der Waals surface area contributed by atoms with E-state index < -0.39 is 0 Å². The fraction of sp³-hybridized carbons (Fsp3) is 0.571. The molecule has 0 aliphatic carbocycles. The lowest BCUT2D eigenvalue weighted by atomic mass is 9.87. The van der Waals surface area contributed by atoms with Gasteiger partial charge in [0, 0.05) is 5.54 Å². The average molecular weight is 254 g/mol. The van der Waals surface area contributed by atoms with Gasteiger partial charge in [-0.15, -0.1) is 0 Å². The van der Waals surface area contributed by atoms with Crippen molar-refractivity contribution in [1.82, 2.24) is 10.2 Å². The minimum Gasteiger partial charge on any atom is -0.494 e. The first-order valence-corrected chi connectivity index (χ1v) is 6.02. The topological polar surface area (TPSA) is 24.5 Å². The second-order valence-electron chi connectivity index (χ2n) is 5.23. The Bertz CT molecular complexity index is 405. The molecule has 1 atom stereocenters. The molecule has 0 aromatic heterocycles. The Morgan fingerprint density at radius 3 is 2.33 bits per heavy atom. The van der Waals surface area contributed by atoms with Crippen molar-refractivity contribution in [3.8, 4) is 5.75 Å². The highest BCUT2D eigenvalue weighted by Gasteiger charge is 2.31. The predicted octanol–water partition coefficient (Wildman–Crippen LogP) is 2.44. The molecule has 0 bridgehead atoms. The monoisotopic (exact) mass is 254 g/mol. The zero-order valence-corrected chi connectivity index (χ0v) is 12.0. The summed E-state index contributed by atoms with van der Waals surface area (Å²) in [5.41, 5.74) is 0.766. The van der Waals surface area contributed by atoms with Crippen LogP contribution in [-0.4, -0.2) is 38.7 Å². The highest BCUT2D eigenvalue weighted by molar-refractivity contribution is 5.32. The maximum atomic E-state index is 13.8. The molecule has 102 valence electrons. The first-order valence-electron chi connectivity index (χ1n) is 6.02. The lowest BCUT2D eigenvalue weighted by Gasteiger charge is -2.39. The maximum absolute atomic E-state index is 13.8. The highest BCUT2D eigenvalue weighted by Crippen LogP contribution is 2.32. The quantitative estimate of drug-likeness (QED) is 0.873. The molecule has 4 heteroatoms. The minimum absolute atomic E-state index is 0.0721. The number of methoxy groups -OCH3 is 1. The number of ether oxygens (including phenoxy) is 1. The molecular formula is C14H23FN2O. The van der Waals surface area contributed by atoms with Crippen molar-refractivity contribution in [2.45, 2.75) is 25.4 Å². The summed E-state index contributed by atoms with van der Waals surface area (Å²) in [4.78, 5) is 2.08. The fourth-order valence-corrected chi connectivity index (χ4v) is 2.35. The van der Waals surface area contributed by atoms with E-state index in [2.05, 4.69) is 24.1 Å².